The Morgan fingerprint density at radius 3 is 2.71 bits per heavy atom. The number of hydrogen-bond acceptors (Lipinski definition) is 6. The second kappa shape index (κ2) is 9.65. The van der Waals surface area contributed by atoms with Crippen LogP contribution in [0.2, 0.25) is 0 Å². The summed E-state index contributed by atoms with van der Waals surface area (Å²) in [6.45, 7) is 10.1. The molecule has 0 saturated carbocycles. The van der Waals surface area contributed by atoms with Crippen molar-refractivity contribution in [1.82, 2.24) is 19.3 Å². The summed E-state index contributed by atoms with van der Waals surface area (Å²) in [6, 6.07) is 11.5. The Labute approximate surface area is 204 Å². The number of nitrogens with two attached hydrogens (primary N) is 1. The van der Waals surface area contributed by atoms with Crippen LogP contribution in [0.5, 0.6) is 11.6 Å². The highest BCUT2D eigenvalue weighted by molar-refractivity contribution is 5.87. The Morgan fingerprint density at radius 1 is 1.17 bits per heavy atom. The lowest BCUT2D eigenvalue weighted by Gasteiger charge is -2.29. The van der Waals surface area contributed by atoms with E-state index in [1.807, 2.05) is 40.9 Å². The Morgan fingerprint density at radius 2 is 2.00 bits per heavy atom. The minimum atomic E-state index is 0.385. The zero-order chi connectivity index (χ0) is 24.4. The van der Waals surface area contributed by atoms with Crippen LogP contribution < -0.4 is 15.2 Å². The van der Waals surface area contributed by atoms with Crippen molar-refractivity contribution in [3.63, 3.8) is 0 Å². The number of hydrogen-bond donors (Lipinski definition) is 1. The first-order valence-electron chi connectivity index (χ1n) is 11.7. The molecule has 0 bridgehead atoms. The Kier molecular flexibility index (Phi) is 6.25. The number of rotatable bonds is 6. The lowest BCUT2D eigenvalue weighted by Crippen LogP contribution is -2.34. The highest BCUT2D eigenvalue weighted by Crippen LogP contribution is 2.39. The predicted molar refractivity (Wildman–Crippen MR) is 137 cm³/mol. The minimum Gasteiger partial charge on any atom is -0.491 e. The number of nitrogens with zero attached hydrogens (tertiary/aromatic N) is 5. The van der Waals surface area contributed by atoms with Crippen LogP contribution >= 0.6 is 0 Å². The highest BCUT2D eigenvalue weighted by atomic mass is 16.5. The quantitative estimate of drug-likeness (QED) is 0.404. The molecule has 1 fully saturated rings. The van der Waals surface area contributed by atoms with Gasteiger partial charge in [-0.25, -0.2) is 14.8 Å². The molecule has 5 rings (SSSR count). The van der Waals surface area contributed by atoms with Gasteiger partial charge in [0.1, 0.15) is 11.3 Å². The Bertz CT molecular complexity index is 1390. The maximum atomic E-state index is 7.30. The number of ether oxygens (including phenoxy) is 2. The fourth-order valence-corrected chi connectivity index (χ4v) is 4.79. The van der Waals surface area contributed by atoms with Gasteiger partial charge in [-0.1, -0.05) is 24.3 Å². The second-order valence-electron chi connectivity index (χ2n) is 8.98. The lowest BCUT2D eigenvalue weighted by molar-refractivity contribution is 0.151. The summed E-state index contributed by atoms with van der Waals surface area (Å²) in [6.07, 6.45) is 7.70. The van der Waals surface area contributed by atoms with Gasteiger partial charge in [0.15, 0.2) is 5.69 Å². The van der Waals surface area contributed by atoms with E-state index in [2.05, 4.69) is 32.8 Å². The summed E-state index contributed by atoms with van der Waals surface area (Å²) in [5, 5.41) is 0. The molecule has 8 nitrogen and oxygen atoms in total. The van der Waals surface area contributed by atoms with Crippen LogP contribution in [0.1, 0.15) is 12.8 Å². The van der Waals surface area contributed by atoms with Gasteiger partial charge < -0.3 is 20.1 Å². The van der Waals surface area contributed by atoms with Gasteiger partial charge >= 0.3 is 0 Å². The van der Waals surface area contributed by atoms with Crippen molar-refractivity contribution < 1.29 is 9.47 Å². The maximum absolute atomic E-state index is 7.30. The number of imidazole rings is 1. The van der Waals surface area contributed by atoms with E-state index >= 15 is 0 Å². The first-order chi connectivity index (χ1) is 17.1. The first kappa shape index (κ1) is 22.7. The fraction of sp³-hybridized carbons (Fsp3) is 0.296. The number of likely N-dealkylation sites (tertiary alicyclic amines) is 1. The van der Waals surface area contributed by atoms with E-state index < -0.39 is 0 Å². The topological polar surface area (TPSA) is 82.3 Å². The smallest absolute Gasteiger partial charge is 0.236 e. The van der Waals surface area contributed by atoms with Crippen LogP contribution in [-0.2, 0) is 0 Å². The molecular formula is C27H28N6O2. The molecule has 1 aliphatic heterocycles. The van der Waals surface area contributed by atoms with Crippen LogP contribution in [0, 0.1) is 12.5 Å². The van der Waals surface area contributed by atoms with Gasteiger partial charge in [0.2, 0.25) is 5.88 Å². The zero-order valence-electron chi connectivity index (χ0n) is 19.9. The molecule has 0 amide bonds. The summed E-state index contributed by atoms with van der Waals surface area (Å²) < 4.78 is 13.7. The molecule has 3 aromatic heterocycles. The molecule has 178 valence electrons. The standard InChI is InChI=1S/C27H28N6O2/c1-29-21-8-6-19(7-9-21)22-12-25(35-16-18-5-4-10-32(2)15-18)24-14-30-17-33(24)26(22)20-11-23(28)27(34-3)31-13-20/h6-9,11-14,17-18H,4-5,10,15-16,28H2,2-3H3/t18-/m1/s1. The molecule has 0 spiro atoms. The van der Waals surface area contributed by atoms with Gasteiger partial charge in [-0.3, -0.25) is 4.40 Å². The van der Waals surface area contributed by atoms with Crippen molar-refractivity contribution in [2.75, 3.05) is 39.6 Å². The van der Waals surface area contributed by atoms with E-state index in [4.69, 9.17) is 21.8 Å². The number of aromatic nitrogens is 3. The Balaban J connectivity index is 1.63. The van der Waals surface area contributed by atoms with Crippen LogP contribution in [0.25, 0.3) is 32.7 Å². The summed E-state index contributed by atoms with van der Waals surface area (Å²) >= 11 is 0. The molecule has 8 heteroatoms. The molecule has 1 aliphatic rings. The molecule has 4 heterocycles. The number of piperidine rings is 1. The van der Waals surface area contributed by atoms with E-state index in [-0.39, 0.29) is 0 Å². The van der Waals surface area contributed by atoms with E-state index in [0.717, 1.165) is 46.7 Å². The van der Waals surface area contributed by atoms with E-state index in [1.54, 1.807) is 19.6 Å². The van der Waals surface area contributed by atoms with Gasteiger partial charge in [0.05, 0.1) is 44.2 Å². The highest BCUT2D eigenvalue weighted by Gasteiger charge is 2.21. The maximum Gasteiger partial charge on any atom is 0.236 e. The van der Waals surface area contributed by atoms with Crippen molar-refractivity contribution in [2.24, 2.45) is 5.92 Å². The van der Waals surface area contributed by atoms with Gasteiger partial charge in [-0.15, -0.1) is 0 Å². The van der Waals surface area contributed by atoms with Crippen molar-refractivity contribution in [2.45, 2.75) is 12.8 Å². The van der Waals surface area contributed by atoms with Crippen molar-refractivity contribution in [3.8, 4) is 34.0 Å². The predicted octanol–water partition coefficient (Wildman–Crippen LogP) is 4.93. The SMILES string of the molecule is [C-]#[N+]c1ccc(-c2cc(OC[C@@H]3CCCN(C)C3)c3cncn3c2-c2cnc(OC)c(N)c2)cc1. The molecule has 2 N–H and O–H groups in total. The molecule has 4 aromatic rings. The number of benzene rings is 1. The largest absolute Gasteiger partial charge is 0.491 e. The van der Waals surface area contributed by atoms with Gasteiger partial charge in [0, 0.05) is 29.8 Å². The lowest BCUT2D eigenvalue weighted by atomic mass is 9.98. The summed E-state index contributed by atoms with van der Waals surface area (Å²) in [7, 11) is 3.71. The van der Waals surface area contributed by atoms with Crippen molar-refractivity contribution in [1.29, 1.82) is 0 Å². The Hall–Kier alpha value is -4.09. The molecule has 1 aromatic carbocycles. The fourth-order valence-electron chi connectivity index (χ4n) is 4.79. The van der Waals surface area contributed by atoms with Gasteiger partial charge in [-0.2, -0.15) is 0 Å². The first-order valence-corrected chi connectivity index (χ1v) is 11.7. The summed E-state index contributed by atoms with van der Waals surface area (Å²) in [4.78, 5) is 14.7. The van der Waals surface area contributed by atoms with Gasteiger partial charge in [-0.05, 0) is 44.1 Å². The zero-order valence-corrected chi connectivity index (χ0v) is 19.9. The van der Waals surface area contributed by atoms with E-state index in [1.165, 1.54) is 12.8 Å². The normalized spacial score (nSPS) is 16.2. The molecule has 0 unspecified atom stereocenters. The molecule has 1 saturated heterocycles. The van der Waals surface area contributed by atoms with E-state index in [9.17, 15) is 0 Å². The average Bonchev–Trinajstić information content (AvgIpc) is 3.37. The van der Waals surface area contributed by atoms with Crippen molar-refractivity contribution in [3.05, 3.63) is 66.5 Å². The third kappa shape index (κ3) is 4.51. The van der Waals surface area contributed by atoms with E-state index in [0.29, 0.717) is 29.8 Å². The number of methoxy groups -OCH3 is 1. The van der Waals surface area contributed by atoms with Crippen LogP contribution in [0.3, 0.4) is 0 Å². The molecule has 1 atom stereocenters. The second-order valence-corrected chi connectivity index (χ2v) is 8.98. The van der Waals surface area contributed by atoms with Crippen LogP contribution in [0.15, 0.2) is 55.1 Å². The number of anilines is 1. The molecule has 35 heavy (non-hydrogen) atoms. The van der Waals surface area contributed by atoms with Crippen molar-refractivity contribution >= 4 is 16.9 Å². The van der Waals surface area contributed by atoms with Crippen LogP contribution in [-0.4, -0.2) is 53.1 Å². The minimum absolute atomic E-state index is 0.385. The molecule has 0 radical (unpaired) electrons. The molecule has 0 aliphatic carbocycles. The number of pyridine rings is 2. The molecular weight excluding hydrogens is 440 g/mol. The number of fused-ring (bicyclic) bond motifs is 1. The number of nitrogen functional groups attached to an aromatic ring is 1. The third-order valence-electron chi connectivity index (χ3n) is 6.51. The van der Waals surface area contributed by atoms with Crippen LogP contribution in [0.4, 0.5) is 11.4 Å². The monoisotopic (exact) mass is 468 g/mol. The van der Waals surface area contributed by atoms with Gasteiger partial charge in [0.25, 0.3) is 0 Å². The summed E-state index contributed by atoms with van der Waals surface area (Å²) in [5.41, 5.74) is 11.7. The average molecular weight is 469 g/mol. The summed E-state index contributed by atoms with van der Waals surface area (Å²) in [5.74, 6) is 1.65. The third-order valence-corrected chi connectivity index (χ3v) is 6.51.